The molecule has 8 heteroatoms. The van der Waals surface area contributed by atoms with Crippen LogP contribution in [0.2, 0.25) is 0 Å². The summed E-state index contributed by atoms with van der Waals surface area (Å²) in [7, 11) is 0. The van der Waals surface area contributed by atoms with E-state index >= 15 is 0 Å². The van der Waals surface area contributed by atoms with Gasteiger partial charge in [-0.15, -0.1) is 0 Å². The highest BCUT2D eigenvalue weighted by atomic mass is 19.1. The quantitative estimate of drug-likeness (QED) is 0.717. The minimum Gasteiger partial charge on any atom is -0.380 e. The van der Waals surface area contributed by atoms with Gasteiger partial charge >= 0.3 is 0 Å². The number of hydrogen-bond donors (Lipinski definition) is 3. The lowest BCUT2D eigenvalue weighted by Gasteiger charge is -2.35. The molecule has 2 fully saturated rings. The number of aliphatic hydroxyl groups is 1. The van der Waals surface area contributed by atoms with Crippen molar-refractivity contribution in [2.45, 2.75) is 24.5 Å². The molecule has 1 saturated heterocycles. The number of piperazine rings is 1. The molecule has 30 heavy (non-hydrogen) atoms. The van der Waals surface area contributed by atoms with Gasteiger partial charge in [0.1, 0.15) is 11.4 Å². The van der Waals surface area contributed by atoms with Gasteiger partial charge in [0.2, 0.25) is 0 Å². The van der Waals surface area contributed by atoms with E-state index in [0.29, 0.717) is 50.3 Å². The number of carbonyl (C=O) groups is 2. The van der Waals surface area contributed by atoms with Gasteiger partial charge in [-0.1, -0.05) is 24.3 Å². The number of amides is 2. The summed E-state index contributed by atoms with van der Waals surface area (Å²) in [5, 5.41) is 9.99. The first-order chi connectivity index (χ1) is 14.5. The number of hydrogen-bond acceptors (Lipinski definition) is 5. The summed E-state index contributed by atoms with van der Waals surface area (Å²) in [6.07, 6.45) is 1.06. The molecule has 2 heterocycles. The molecule has 7 nitrogen and oxygen atoms in total. The van der Waals surface area contributed by atoms with E-state index in [0.717, 1.165) is 11.1 Å². The Hall–Kier alpha value is -2.97. The van der Waals surface area contributed by atoms with Crippen LogP contribution in [0.1, 0.15) is 40.4 Å². The molecule has 3 N–H and O–H groups in total. The molecule has 1 atom stereocenters. The fourth-order valence-corrected chi connectivity index (χ4v) is 4.14. The first-order valence-electron chi connectivity index (χ1n) is 10.2. The fourth-order valence-electron chi connectivity index (χ4n) is 4.14. The number of halogens is 1. The molecule has 1 saturated carbocycles. The third-order valence-corrected chi connectivity index (χ3v) is 6.17. The molecule has 3 aliphatic rings. The van der Waals surface area contributed by atoms with Crippen LogP contribution < -0.4 is 10.9 Å². The van der Waals surface area contributed by atoms with Crippen LogP contribution in [0.5, 0.6) is 0 Å². The maximum atomic E-state index is 13.9. The molecular weight excluding hydrogens is 387 g/mol. The van der Waals surface area contributed by atoms with Crippen molar-refractivity contribution in [1.82, 2.24) is 15.2 Å². The van der Waals surface area contributed by atoms with Crippen LogP contribution in [0.3, 0.4) is 0 Å². The van der Waals surface area contributed by atoms with E-state index < -0.39 is 5.60 Å². The number of benzene rings is 2. The van der Waals surface area contributed by atoms with E-state index in [1.54, 1.807) is 28.0 Å². The van der Waals surface area contributed by atoms with Crippen LogP contribution in [-0.4, -0.2) is 58.5 Å². The van der Waals surface area contributed by atoms with Gasteiger partial charge in [-0.05, 0) is 36.6 Å². The van der Waals surface area contributed by atoms with Crippen molar-refractivity contribution in [2.75, 3.05) is 31.6 Å². The lowest BCUT2D eigenvalue weighted by molar-refractivity contribution is -0.143. The van der Waals surface area contributed by atoms with Gasteiger partial charge in [0, 0.05) is 37.3 Å². The highest BCUT2D eigenvalue weighted by Gasteiger charge is 2.50. The van der Waals surface area contributed by atoms with Crippen LogP contribution >= 0.6 is 0 Å². The predicted octanol–water partition coefficient (Wildman–Crippen LogP) is 1.65. The monoisotopic (exact) mass is 410 g/mol. The van der Waals surface area contributed by atoms with Crippen LogP contribution in [0.4, 0.5) is 10.1 Å². The fraction of sp³-hybridized carbons (Fsp3) is 0.364. The van der Waals surface area contributed by atoms with Gasteiger partial charge in [-0.3, -0.25) is 9.59 Å². The summed E-state index contributed by atoms with van der Waals surface area (Å²) in [6.45, 7) is 1.77. The lowest BCUT2D eigenvalue weighted by atomic mass is 9.98. The predicted molar refractivity (Wildman–Crippen MR) is 108 cm³/mol. The van der Waals surface area contributed by atoms with Crippen LogP contribution in [0.15, 0.2) is 42.5 Å². The third kappa shape index (κ3) is 3.22. The Morgan fingerprint density at radius 3 is 2.33 bits per heavy atom. The summed E-state index contributed by atoms with van der Waals surface area (Å²) in [4.78, 5) is 28.5. The maximum Gasteiger partial charge on any atom is 0.254 e. The average Bonchev–Trinajstić information content (AvgIpc) is 3.38. The summed E-state index contributed by atoms with van der Waals surface area (Å²) in [5.74, 6) is -0.600. The molecule has 0 radical (unpaired) electrons. The third-order valence-electron chi connectivity index (χ3n) is 6.17. The summed E-state index contributed by atoms with van der Waals surface area (Å²) in [5.41, 5.74) is 7.58. The van der Waals surface area contributed by atoms with Crippen molar-refractivity contribution in [3.63, 3.8) is 0 Å². The van der Waals surface area contributed by atoms with Crippen molar-refractivity contribution < 1.29 is 19.1 Å². The molecule has 2 aromatic rings. The molecule has 5 rings (SSSR count). The number of nitrogens with one attached hydrogen (secondary N) is 2. The highest BCUT2D eigenvalue weighted by molar-refractivity contribution is 5.94. The molecular formula is C22H23FN4O3. The van der Waals surface area contributed by atoms with Gasteiger partial charge in [0.05, 0.1) is 11.7 Å². The van der Waals surface area contributed by atoms with Gasteiger partial charge in [0.25, 0.3) is 11.8 Å². The topological polar surface area (TPSA) is 84.9 Å². The second kappa shape index (κ2) is 7.07. The van der Waals surface area contributed by atoms with E-state index in [4.69, 9.17) is 0 Å². The molecule has 0 aromatic heterocycles. The van der Waals surface area contributed by atoms with Gasteiger partial charge in [0.15, 0.2) is 0 Å². The van der Waals surface area contributed by atoms with E-state index in [2.05, 4.69) is 10.9 Å². The van der Waals surface area contributed by atoms with Crippen LogP contribution in [0.25, 0.3) is 0 Å². The summed E-state index contributed by atoms with van der Waals surface area (Å²) in [6, 6.07) is 12.1. The molecule has 2 aromatic carbocycles. The zero-order valence-corrected chi connectivity index (χ0v) is 16.4. The SMILES string of the molecule is O=C(c1ccc(C2NNc3c(F)cccc32)cc1)N1CCN(C(=O)C2(O)CC2)CC1. The average molecular weight is 410 g/mol. The Morgan fingerprint density at radius 1 is 1.00 bits per heavy atom. The van der Waals surface area contributed by atoms with E-state index in [-0.39, 0.29) is 23.7 Å². The molecule has 2 aliphatic heterocycles. The first kappa shape index (κ1) is 19.0. The van der Waals surface area contributed by atoms with E-state index in [1.807, 2.05) is 18.2 Å². The van der Waals surface area contributed by atoms with Gasteiger partial charge in [-0.2, -0.15) is 0 Å². The number of rotatable bonds is 3. The minimum atomic E-state index is -1.16. The Morgan fingerprint density at radius 2 is 1.67 bits per heavy atom. The van der Waals surface area contributed by atoms with Crippen molar-refractivity contribution in [2.24, 2.45) is 0 Å². The number of fused-ring (bicyclic) bond motifs is 1. The smallest absolute Gasteiger partial charge is 0.254 e. The van der Waals surface area contributed by atoms with E-state index in [9.17, 15) is 19.1 Å². The van der Waals surface area contributed by atoms with Crippen LogP contribution in [0, 0.1) is 5.82 Å². The Bertz CT molecular complexity index is 998. The number of carbonyl (C=O) groups excluding carboxylic acids is 2. The Labute approximate surface area is 173 Å². The Kier molecular flexibility index (Phi) is 4.48. The largest absolute Gasteiger partial charge is 0.380 e. The van der Waals surface area contributed by atoms with Crippen molar-refractivity contribution in [3.8, 4) is 0 Å². The highest BCUT2D eigenvalue weighted by Crippen LogP contribution is 2.37. The molecule has 0 bridgehead atoms. The number of hydrazine groups is 1. The molecule has 0 spiro atoms. The second-order valence-corrected chi connectivity index (χ2v) is 8.14. The van der Waals surface area contributed by atoms with Gasteiger partial charge in [-0.25, -0.2) is 9.82 Å². The summed E-state index contributed by atoms with van der Waals surface area (Å²) >= 11 is 0. The molecule has 1 aliphatic carbocycles. The van der Waals surface area contributed by atoms with Crippen molar-refractivity contribution in [3.05, 3.63) is 65.0 Å². The maximum absolute atomic E-state index is 13.9. The standard InChI is InChI=1S/C22H23FN4O3/c23-17-3-1-2-16-18(24-25-19(16)17)14-4-6-15(7-5-14)20(28)26-10-12-27(13-11-26)21(29)22(30)8-9-22/h1-7,18,24-25,30H,8-13H2. The summed E-state index contributed by atoms with van der Waals surface area (Å²) < 4.78 is 13.9. The number of anilines is 1. The second-order valence-electron chi connectivity index (χ2n) is 8.14. The molecule has 1 unspecified atom stereocenters. The zero-order valence-electron chi connectivity index (χ0n) is 16.4. The molecule has 156 valence electrons. The number of para-hydroxylation sites is 1. The Balaban J connectivity index is 1.24. The lowest BCUT2D eigenvalue weighted by Crippen LogP contribution is -2.53. The van der Waals surface area contributed by atoms with Crippen molar-refractivity contribution in [1.29, 1.82) is 0 Å². The zero-order chi connectivity index (χ0) is 20.9. The van der Waals surface area contributed by atoms with Crippen molar-refractivity contribution >= 4 is 17.5 Å². The molecule has 2 amide bonds. The normalized spacial score (nSPS) is 21.7. The minimum absolute atomic E-state index is 0.0808. The van der Waals surface area contributed by atoms with Crippen LogP contribution in [-0.2, 0) is 4.79 Å². The first-order valence-corrected chi connectivity index (χ1v) is 10.2. The van der Waals surface area contributed by atoms with E-state index in [1.165, 1.54) is 6.07 Å². The van der Waals surface area contributed by atoms with Gasteiger partial charge < -0.3 is 20.3 Å². The number of nitrogens with zero attached hydrogens (tertiary/aromatic N) is 2.